The molecule has 0 aliphatic carbocycles. The SMILES string of the molecule is Cc1cc(CNC(C)Cc2ccccc2)sc1C. The number of hydrogen-bond acceptors (Lipinski definition) is 2. The first-order valence-electron chi connectivity index (χ1n) is 6.48. The maximum atomic E-state index is 3.60. The quantitative estimate of drug-likeness (QED) is 0.853. The summed E-state index contributed by atoms with van der Waals surface area (Å²) in [7, 11) is 0. The van der Waals surface area contributed by atoms with Crippen molar-refractivity contribution in [1.82, 2.24) is 5.32 Å². The van der Waals surface area contributed by atoms with Gasteiger partial charge in [-0.25, -0.2) is 0 Å². The molecule has 2 heteroatoms. The Morgan fingerprint density at radius 3 is 2.50 bits per heavy atom. The van der Waals surface area contributed by atoms with Crippen LogP contribution in [0.5, 0.6) is 0 Å². The summed E-state index contributed by atoms with van der Waals surface area (Å²) >= 11 is 1.90. The third-order valence-corrected chi connectivity index (χ3v) is 4.38. The minimum atomic E-state index is 0.509. The van der Waals surface area contributed by atoms with E-state index >= 15 is 0 Å². The average molecular weight is 259 g/mol. The second kappa shape index (κ2) is 6.17. The minimum absolute atomic E-state index is 0.509. The summed E-state index contributed by atoms with van der Waals surface area (Å²) in [5, 5.41) is 3.60. The highest BCUT2D eigenvalue weighted by atomic mass is 32.1. The van der Waals surface area contributed by atoms with E-state index in [1.807, 2.05) is 11.3 Å². The standard InChI is InChI=1S/C16H21NS/c1-12-9-16(18-14(12)3)11-17-13(2)10-15-7-5-4-6-8-15/h4-9,13,17H,10-11H2,1-3H3. The van der Waals surface area contributed by atoms with Gasteiger partial charge in [0, 0.05) is 22.3 Å². The molecule has 96 valence electrons. The van der Waals surface area contributed by atoms with Crippen molar-refractivity contribution in [2.45, 2.75) is 39.8 Å². The van der Waals surface area contributed by atoms with Crippen LogP contribution in [0.2, 0.25) is 0 Å². The molecule has 1 N–H and O–H groups in total. The van der Waals surface area contributed by atoms with E-state index in [0.29, 0.717) is 6.04 Å². The smallest absolute Gasteiger partial charge is 0.0302 e. The Morgan fingerprint density at radius 1 is 1.17 bits per heavy atom. The van der Waals surface area contributed by atoms with Gasteiger partial charge in [0.2, 0.25) is 0 Å². The zero-order valence-electron chi connectivity index (χ0n) is 11.4. The monoisotopic (exact) mass is 259 g/mol. The number of nitrogens with one attached hydrogen (secondary N) is 1. The van der Waals surface area contributed by atoms with Gasteiger partial charge >= 0.3 is 0 Å². The molecule has 1 heterocycles. The topological polar surface area (TPSA) is 12.0 Å². The lowest BCUT2D eigenvalue weighted by Gasteiger charge is -2.13. The predicted molar refractivity (Wildman–Crippen MR) is 80.2 cm³/mol. The third kappa shape index (κ3) is 3.69. The van der Waals surface area contributed by atoms with Crippen LogP contribution in [0.15, 0.2) is 36.4 Å². The fourth-order valence-electron chi connectivity index (χ4n) is 2.05. The first-order chi connectivity index (χ1) is 8.65. The maximum absolute atomic E-state index is 3.60. The third-order valence-electron chi connectivity index (χ3n) is 3.23. The number of aryl methyl sites for hydroxylation is 2. The Morgan fingerprint density at radius 2 is 1.89 bits per heavy atom. The molecule has 1 atom stereocenters. The summed E-state index contributed by atoms with van der Waals surface area (Å²) in [4.78, 5) is 2.87. The van der Waals surface area contributed by atoms with Crippen LogP contribution in [-0.2, 0) is 13.0 Å². The first kappa shape index (κ1) is 13.3. The molecule has 0 spiro atoms. The molecule has 0 aliphatic heterocycles. The molecule has 0 amide bonds. The lowest BCUT2D eigenvalue weighted by Crippen LogP contribution is -2.27. The van der Waals surface area contributed by atoms with Gasteiger partial charge in [0.05, 0.1) is 0 Å². The van der Waals surface area contributed by atoms with Crippen molar-refractivity contribution in [1.29, 1.82) is 0 Å². The lowest BCUT2D eigenvalue weighted by atomic mass is 10.1. The Balaban J connectivity index is 1.83. The van der Waals surface area contributed by atoms with E-state index in [1.165, 1.54) is 20.9 Å². The number of benzene rings is 1. The van der Waals surface area contributed by atoms with Crippen LogP contribution >= 0.6 is 11.3 Å². The summed E-state index contributed by atoms with van der Waals surface area (Å²) in [6.07, 6.45) is 1.09. The lowest BCUT2D eigenvalue weighted by molar-refractivity contribution is 0.549. The summed E-state index contributed by atoms with van der Waals surface area (Å²) < 4.78 is 0. The molecular weight excluding hydrogens is 238 g/mol. The van der Waals surface area contributed by atoms with Crippen molar-refractivity contribution >= 4 is 11.3 Å². The van der Waals surface area contributed by atoms with Crippen molar-refractivity contribution in [3.8, 4) is 0 Å². The van der Waals surface area contributed by atoms with Crippen molar-refractivity contribution in [3.05, 3.63) is 57.3 Å². The molecule has 1 aromatic heterocycles. The number of hydrogen-bond donors (Lipinski definition) is 1. The molecule has 0 aliphatic rings. The van der Waals surface area contributed by atoms with E-state index in [2.05, 4.69) is 62.5 Å². The molecule has 2 rings (SSSR count). The highest BCUT2D eigenvalue weighted by Gasteiger charge is 2.05. The van der Waals surface area contributed by atoms with E-state index in [0.717, 1.165) is 13.0 Å². The zero-order valence-corrected chi connectivity index (χ0v) is 12.2. The van der Waals surface area contributed by atoms with Crippen LogP contribution in [0, 0.1) is 13.8 Å². The first-order valence-corrected chi connectivity index (χ1v) is 7.30. The molecule has 0 bridgehead atoms. The normalized spacial score (nSPS) is 12.6. The second-order valence-corrected chi connectivity index (χ2v) is 6.26. The van der Waals surface area contributed by atoms with Crippen molar-refractivity contribution < 1.29 is 0 Å². The van der Waals surface area contributed by atoms with Crippen LogP contribution in [0.3, 0.4) is 0 Å². The number of rotatable bonds is 5. The van der Waals surface area contributed by atoms with E-state index in [9.17, 15) is 0 Å². The van der Waals surface area contributed by atoms with Crippen LogP contribution in [0.4, 0.5) is 0 Å². The van der Waals surface area contributed by atoms with E-state index < -0.39 is 0 Å². The molecule has 0 saturated heterocycles. The van der Waals surface area contributed by atoms with Gasteiger partial charge in [0.15, 0.2) is 0 Å². The fraction of sp³-hybridized carbons (Fsp3) is 0.375. The molecule has 1 aromatic carbocycles. The van der Waals surface area contributed by atoms with Crippen LogP contribution < -0.4 is 5.32 Å². The molecule has 0 radical (unpaired) electrons. The molecule has 0 saturated carbocycles. The van der Waals surface area contributed by atoms with Crippen molar-refractivity contribution in [2.24, 2.45) is 0 Å². The summed E-state index contributed by atoms with van der Waals surface area (Å²) in [6.45, 7) is 7.60. The zero-order chi connectivity index (χ0) is 13.0. The fourth-order valence-corrected chi connectivity index (χ4v) is 3.06. The van der Waals surface area contributed by atoms with E-state index in [-0.39, 0.29) is 0 Å². The Hall–Kier alpha value is -1.12. The summed E-state index contributed by atoms with van der Waals surface area (Å²) in [5.41, 5.74) is 2.81. The van der Waals surface area contributed by atoms with E-state index in [4.69, 9.17) is 0 Å². The van der Waals surface area contributed by atoms with Gasteiger partial charge in [-0.2, -0.15) is 0 Å². The summed E-state index contributed by atoms with van der Waals surface area (Å²) in [5.74, 6) is 0. The van der Waals surface area contributed by atoms with Gasteiger partial charge < -0.3 is 5.32 Å². The molecule has 1 nitrogen and oxygen atoms in total. The van der Waals surface area contributed by atoms with Crippen LogP contribution in [0.25, 0.3) is 0 Å². The Labute approximate surface area is 114 Å². The van der Waals surface area contributed by atoms with Gasteiger partial charge in [-0.1, -0.05) is 30.3 Å². The largest absolute Gasteiger partial charge is 0.309 e. The Kier molecular flexibility index (Phi) is 4.56. The molecule has 18 heavy (non-hydrogen) atoms. The number of thiophene rings is 1. The van der Waals surface area contributed by atoms with Crippen LogP contribution in [0.1, 0.15) is 27.8 Å². The van der Waals surface area contributed by atoms with Gasteiger partial charge in [-0.3, -0.25) is 0 Å². The highest BCUT2D eigenvalue weighted by Crippen LogP contribution is 2.20. The van der Waals surface area contributed by atoms with Gasteiger partial charge in [0.1, 0.15) is 0 Å². The average Bonchev–Trinajstić information content (AvgIpc) is 2.68. The van der Waals surface area contributed by atoms with Gasteiger partial charge in [-0.05, 0) is 44.4 Å². The molecular formula is C16H21NS. The molecule has 0 fully saturated rings. The molecule has 2 aromatic rings. The van der Waals surface area contributed by atoms with E-state index in [1.54, 1.807) is 0 Å². The minimum Gasteiger partial charge on any atom is -0.309 e. The van der Waals surface area contributed by atoms with Crippen molar-refractivity contribution in [3.63, 3.8) is 0 Å². The van der Waals surface area contributed by atoms with Crippen molar-refractivity contribution in [2.75, 3.05) is 0 Å². The predicted octanol–water partition coefficient (Wildman–Crippen LogP) is 4.09. The highest BCUT2D eigenvalue weighted by molar-refractivity contribution is 7.12. The van der Waals surface area contributed by atoms with Gasteiger partial charge in [0.25, 0.3) is 0 Å². The summed E-state index contributed by atoms with van der Waals surface area (Å²) in [6, 6.07) is 13.5. The Bertz CT molecular complexity index is 468. The van der Waals surface area contributed by atoms with Gasteiger partial charge in [-0.15, -0.1) is 11.3 Å². The maximum Gasteiger partial charge on any atom is 0.0302 e. The van der Waals surface area contributed by atoms with Crippen LogP contribution in [-0.4, -0.2) is 6.04 Å². The molecule has 1 unspecified atom stereocenters. The second-order valence-electron chi connectivity index (χ2n) is 4.92.